The minimum atomic E-state index is -3.75. The van der Waals surface area contributed by atoms with E-state index in [0.29, 0.717) is 11.4 Å². The van der Waals surface area contributed by atoms with Gasteiger partial charge < -0.3 is 10.2 Å². The summed E-state index contributed by atoms with van der Waals surface area (Å²) in [6, 6.07) is 11.3. The minimum absolute atomic E-state index is 0.146. The number of hydrogen-bond acceptors (Lipinski definition) is 6. The maximum atomic E-state index is 12.5. The van der Waals surface area contributed by atoms with Gasteiger partial charge in [-0.15, -0.1) is 0 Å². The number of nitrogens with one attached hydrogen (secondary N) is 3. The average Bonchev–Trinajstić information content (AvgIpc) is 2.96. The van der Waals surface area contributed by atoms with Gasteiger partial charge in [-0.25, -0.2) is 13.4 Å². The Morgan fingerprint density at radius 2 is 1.67 bits per heavy atom. The maximum absolute atomic E-state index is 12.5. The summed E-state index contributed by atoms with van der Waals surface area (Å²) in [7, 11) is 0.222. The lowest BCUT2D eigenvalue weighted by Gasteiger charge is -2.13. The fourth-order valence-corrected chi connectivity index (χ4v) is 4.04. The van der Waals surface area contributed by atoms with E-state index in [1.54, 1.807) is 32.2 Å². The lowest BCUT2D eigenvalue weighted by atomic mass is 10.2. The average molecular weight is 386 g/mol. The zero-order chi connectivity index (χ0) is 19.6. The Morgan fingerprint density at radius 1 is 1.00 bits per heavy atom. The Bertz CT molecular complexity index is 1010. The van der Waals surface area contributed by atoms with E-state index in [0.717, 1.165) is 17.1 Å². The molecule has 0 saturated carbocycles. The van der Waals surface area contributed by atoms with Crippen molar-refractivity contribution in [2.75, 3.05) is 29.0 Å². The molecule has 0 amide bonds. The van der Waals surface area contributed by atoms with E-state index in [1.165, 1.54) is 0 Å². The van der Waals surface area contributed by atoms with Crippen LogP contribution in [-0.4, -0.2) is 37.7 Å². The molecule has 0 atom stereocenters. The van der Waals surface area contributed by atoms with Crippen LogP contribution in [0.15, 0.2) is 47.5 Å². The highest BCUT2D eigenvalue weighted by atomic mass is 32.2. The summed E-state index contributed by atoms with van der Waals surface area (Å²) in [6.45, 7) is 3.30. The van der Waals surface area contributed by atoms with Gasteiger partial charge in [-0.2, -0.15) is 5.10 Å². The first-order valence-corrected chi connectivity index (χ1v) is 9.79. The summed E-state index contributed by atoms with van der Waals surface area (Å²) in [5.41, 5.74) is 3.68. The van der Waals surface area contributed by atoms with E-state index in [4.69, 9.17) is 0 Å². The molecule has 0 fully saturated rings. The molecule has 2 heterocycles. The van der Waals surface area contributed by atoms with Gasteiger partial charge in [0, 0.05) is 25.5 Å². The van der Waals surface area contributed by atoms with Crippen LogP contribution in [0.25, 0.3) is 0 Å². The van der Waals surface area contributed by atoms with Crippen molar-refractivity contribution < 1.29 is 8.42 Å². The monoisotopic (exact) mass is 386 g/mol. The summed E-state index contributed by atoms with van der Waals surface area (Å²) < 4.78 is 27.6. The van der Waals surface area contributed by atoms with E-state index in [2.05, 4.69) is 25.2 Å². The summed E-state index contributed by atoms with van der Waals surface area (Å²) in [5, 5.41) is 9.83. The van der Waals surface area contributed by atoms with E-state index in [1.807, 2.05) is 43.3 Å². The quantitative estimate of drug-likeness (QED) is 0.602. The van der Waals surface area contributed by atoms with Gasteiger partial charge >= 0.3 is 0 Å². The molecule has 3 aromatic rings. The zero-order valence-corrected chi connectivity index (χ0v) is 16.4. The van der Waals surface area contributed by atoms with Crippen molar-refractivity contribution in [2.45, 2.75) is 18.7 Å². The summed E-state index contributed by atoms with van der Waals surface area (Å²) in [4.78, 5) is 6.35. The summed E-state index contributed by atoms with van der Waals surface area (Å²) in [6.07, 6.45) is 1.58. The Balaban J connectivity index is 1.72. The van der Waals surface area contributed by atoms with Gasteiger partial charge in [-0.1, -0.05) is 0 Å². The molecule has 0 bridgehead atoms. The molecule has 0 unspecified atom stereocenters. The number of aromatic nitrogens is 3. The molecule has 142 valence electrons. The number of benzene rings is 1. The smallest absolute Gasteiger partial charge is 0.266 e. The first-order valence-electron chi connectivity index (χ1n) is 8.31. The first kappa shape index (κ1) is 18.7. The SMILES string of the molecule is Cc1n[nH]c(C)c1S(=O)(=O)Nc1ccc(Nc2ccc(N(C)C)cc2)cn1. The van der Waals surface area contributed by atoms with Crippen LogP contribution in [0.4, 0.5) is 22.9 Å². The second kappa shape index (κ2) is 7.28. The fourth-order valence-electron chi connectivity index (χ4n) is 2.66. The zero-order valence-electron chi connectivity index (χ0n) is 15.6. The number of anilines is 4. The molecule has 0 aliphatic heterocycles. The van der Waals surface area contributed by atoms with Gasteiger partial charge in [0.1, 0.15) is 10.7 Å². The second-order valence-corrected chi connectivity index (χ2v) is 7.99. The predicted octanol–water partition coefficient (Wildman–Crippen LogP) is 3.03. The molecule has 3 N–H and O–H groups in total. The topological polar surface area (TPSA) is 103 Å². The van der Waals surface area contributed by atoms with Gasteiger partial charge in [-0.05, 0) is 50.2 Å². The third-order valence-corrected chi connectivity index (χ3v) is 5.62. The number of H-pyrrole nitrogens is 1. The van der Waals surface area contributed by atoms with Crippen molar-refractivity contribution in [3.63, 3.8) is 0 Å². The van der Waals surface area contributed by atoms with E-state index in [9.17, 15) is 8.42 Å². The maximum Gasteiger partial charge on any atom is 0.266 e. The third-order valence-electron chi connectivity index (χ3n) is 4.00. The third kappa shape index (κ3) is 4.20. The summed E-state index contributed by atoms with van der Waals surface area (Å²) in [5.74, 6) is 0.239. The second-order valence-electron chi connectivity index (χ2n) is 6.37. The molecule has 8 nitrogen and oxygen atoms in total. The molecule has 9 heteroatoms. The van der Waals surface area contributed by atoms with Crippen LogP contribution in [0.5, 0.6) is 0 Å². The number of aromatic amines is 1. The molecule has 0 radical (unpaired) electrons. The van der Waals surface area contributed by atoms with Crippen LogP contribution in [0.2, 0.25) is 0 Å². The van der Waals surface area contributed by atoms with Crippen LogP contribution >= 0.6 is 0 Å². The standard InChI is InChI=1S/C18H22N6O2S/c1-12-18(13(2)22-21-12)27(25,26)23-17-10-7-15(11-19-17)20-14-5-8-16(9-6-14)24(3)4/h5-11,20H,1-4H3,(H,19,23)(H,21,22). The van der Waals surface area contributed by atoms with Crippen LogP contribution in [0.1, 0.15) is 11.4 Å². The van der Waals surface area contributed by atoms with Gasteiger partial charge in [0.25, 0.3) is 10.0 Å². The van der Waals surface area contributed by atoms with Crippen LogP contribution in [-0.2, 0) is 10.0 Å². The lowest BCUT2D eigenvalue weighted by molar-refractivity contribution is 0.600. The Kier molecular flexibility index (Phi) is 5.04. The Labute approximate surface area is 158 Å². The molecule has 0 spiro atoms. The predicted molar refractivity (Wildman–Crippen MR) is 107 cm³/mol. The molecule has 27 heavy (non-hydrogen) atoms. The molecular weight excluding hydrogens is 364 g/mol. The molecule has 0 saturated heterocycles. The van der Waals surface area contributed by atoms with Gasteiger partial charge in [0.05, 0.1) is 23.3 Å². The van der Waals surface area contributed by atoms with Crippen LogP contribution < -0.4 is 14.9 Å². The highest BCUT2D eigenvalue weighted by Crippen LogP contribution is 2.22. The molecule has 0 aliphatic rings. The van der Waals surface area contributed by atoms with Crippen molar-refractivity contribution in [2.24, 2.45) is 0 Å². The number of sulfonamides is 1. The van der Waals surface area contributed by atoms with E-state index >= 15 is 0 Å². The molecular formula is C18H22N6O2S. The minimum Gasteiger partial charge on any atom is -0.378 e. The molecule has 0 aliphatic carbocycles. The summed E-state index contributed by atoms with van der Waals surface area (Å²) >= 11 is 0. The molecule has 3 rings (SSSR count). The number of rotatable bonds is 6. The largest absolute Gasteiger partial charge is 0.378 e. The normalized spacial score (nSPS) is 11.3. The fraction of sp³-hybridized carbons (Fsp3) is 0.222. The Hall–Kier alpha value is -3.07. The molecule has 1 aromatic carbocycles. The van der Waals surface area contributed by atoms with E-state index in [-0.39, 0.29) is 10.7 Å². The number of hydrogen-bond donors (Lipinski definition) is 3. The lowest BCUT2D eigenvalue weighted by Crippen LogP contribution is -2.15. The van der Waals surface area contributed by atoms with Crippen molar-refractivity contribution in [3.05, 3.63) is 54.0 Å². The van der Waals surface area contributed by atoms with Crippen LogP contribution in [0.3, 0.4) is 0 Å². The van der Waals surface area contributed by atoms with E-state index < -0.39 is 10.0 Å². The van der Waals surface area contributed by atoms with Gasteiger partial charge in [0.15, 0.2) is 0 Å². The van der Waals surface area contributed by atoms with Crippen molar-refractivity contribution in [3.8, 4) is 0 Å². The highest BCUT2D eigenvalue weighted by molar-refractivity contribution is 7.92. The number of aryl methyl sites for hydroxylation is 2. The van der Waals surface area contributed by atoms with Gasteiger partial charge in [-0.3, -0.25) is 9.82 Å². The van der Waals surface area contributed by atoms with Crippen molar-refractivity contribution >= 4 is 32.9 Å². The number of pyridine rings is 1. The van der Waals surface area contributed by atoms with Crippen LogP contribution in [0, 0.1) is 13.8 Å². The molecule has 2 aromatic heterocycles. The van der Waals surface area contributed by atoms with Crippen molar-refractivity contribution in [1.29, 1.82) is 0 Å². The number of nitrogens with zero attached hydrogens (tertiary/aromatic N) is 3. The Morgan fingerprint density at radius 3 is 2.19 bits per heavy atom. The first-order chi connectivity index (χ1) is 12.8. The van der Waals surface area contributed by atoms with Gasteiger partial charge in [0.2, 0.25) is 0 Å². The van der Waals surface area contributed by atoms with Crippen molar-refractivity contribution in [1.82, 2.24) is 15.2 Å². The highest BCUT2D eigenvalue weighted by Gasteiger charge is 2.22.